The second-order valence-electron chi connectivity index (χ2n) is 6.13. The van der Waals surface area contributed by atoms with Crippen molar-refractivity contribution >= 4 is 11.8 Å². The van der Waals surface area contributed by atoms with Crippen LogP contribution in [0.4, 0.5) is 13.2 Å². The van der Waals surface area contributed by atoms with E-state index in [1.54, 1.807) is 6.20 Å². The average Bonchev–Trinajstić information content (AvgIpc) is 3.15. The minimum Gasteiger partial charge on any atom is -0.435 e. The number of ether oxygens (including phenoxy) is 1. The molecule has 0 aliphatic carbocycles. The van der Waals surface area contributed by atoms with Gasteiger partial charge in [0.15, 0.2) is 5.16 Å². The first-order valence-corrected chi connectivity index (χ1v) is 10.0. The fourth-order valence-electron chi connectivity index (χ4n) is 3.11. The van der Waals surface area contributed by atoms with Crippen molar-refractivity contribution in [1.29, 1.82) is 0 Å². The lowest BCUT2D eigenvalue weighted by atomic mass is 10.0. The number of aryl methyl sites for hydroxylation is 2. The fraction of sp³-hybridized carbons (Fsp3) is 0.286. The molecule has 0 aliphatic heterocycles. The molecule has 7 heteroatoms. The maximum Gasteiger partial charge on any atom is 0.387 e. The first-order chi connectivity index (χ1) is 13.5. The SMILES string of the molecule is CCc1cccc(CC)c1-n1ccnc1SCc1cc(F)ccc1OC(F)F. The lowest BCUT2D eigenvalue weighted by Gasteiger charge is -2.16. The molecule has 0 spiro atoms. The quantitative estimate of drug-likeness (QED) is 0.428. The summed E-state index contributed by atoms with van der Waals surface area (Å²) in [6.07, 6.45) is 5.35. The van der Waals surface area contributed by atoms with Gasteiger partial charge in [-0.1, -0.05) is 43.8 Å². The first kappa shape index (κ1) is 20.3. The van der Waals surface area contributed by atoms with E-state index in [-0.39, 0.29) is 11.5 Å². The molecule has 3 rings (SSSR count). The van der Waals surface area contributed by atoms with Gasteiger partial charge in [0.25, 0.3) is 0 Å². The van der Waals surface area contributed by atoms with Crippen molar-refractivity contribution in [3.63, 3.8) is 0 Å². The number of aromatic nitrogens is 2. The van der Waals surface area contributed by atoms with E-state index in [0.717, 1.165) is 24.6 Å². The zero-order chi connectivity index (χ0) is 20.1. The molecule has 0 fully saturated rings. The van der Waals surface area contributed by atoms with Crippen LogP contribution in [0.2, 0.25) is 0 Å². The molecule has 0 atom stereocenters. The molecule has 0 radical (unpaired) electrons. The van der Waals surface area contributed by atoms with Crippen molar-refractivity contribution in [3.8, 4) is 11.4 Å². The second kappa shape index (κ2) is 9.19. The third-order valence-electron chi connectivity index (χ3n) is 4.41. The standard InChI is InChI=1S/C21H21F3N2OS/c1-3-14-6-5-7-15(4-2)19(14)26-11-10-25-21(26)28-13-16-12-17(22)8-9-18(16)27-20(23)24/h5-12,20H,3-4,13H2,1-2H3. The minimum absolute atomic E-state index is 0.0230. The first-order valence-electron chi connectivity index (χ1n) is 9.04. The molecule has 1 aromatic heterocycles. The van der Waals surface area contributed by atoms with Gasteiger partial charge in [0.2, 0.25) is 0 Å². The van der Waals surface area contributed by atoms with Crippen molar-refractivity contribution in [1.82, 2.24) is 9.55 Å². The highest BCUT2D eigenvalue weighted by Gasteiger charge is 2.15. The third kappa shape index (κ3) is 4.52. The number of benzene rings is 2. The van der Waals surface area contributed by atoms with E-state index in [2.05, 4.69) is 35.7 Å². The number of imidazole rings is 1. The Balaban J connectivity index is 1.91. The molecule has 0 saturated heterocycles. The Labute approximate surface area is 166 Å². The molecule has 3 aromatic rings. The number of hydrogen-bond acceptors (Lipinski definition) is 3. The van der Waals surface area contributed by atoms with E-state index < -0.39 is 12.4 Å². The maximum atomic E-state index is 13.6. The summed E-state index contributed by atoms with van der Waals surface area (Å²) < 4.78 is 45.4. The van der Waals surface area contributed by atoms with Crippen LogP contribution in [-0.2, 0) is 18.6 Å². The summed E-state index contributed by atoms with van der Waals surface area (Å²) in [5.41, 5.74) is 3.86. The van der Waals surface area contributed by atoms with Gasteiger partial charge >= 0.3 is 6.61 Å². The number of hydrogen-bond donors (Lipinski definition) is 0. The molecule has 0 aliphatic rings. The van der Waals surface area contributed by atoms with Crippen molar-refractivity contribution in [2.24, 2.45) is 0 Å². The zero-order valence-corrected chi connectivity index (χ0v) is 16.5. The predicted octanol–water partition coefficient (Wildman–Crippen LogP) is 6.03. The number of nitrogens with zero attached hydrogens (tertiary/aromatic N) is 2. The van der Waals surface area contributed by atoms with E-state index in [4.69, 9.17) is 0 Å². The molecule has 148 valence electrons. The van der Waals surface area contributed by atoms with Gasteiger partial charge in [-0.3, -0.25) is 4.57 Å². The van der Waals surface area contributed by atoms with Crippen LogP contribution in [0, 0.1) is 5.82 Å². The Kier molecular flexibility index (Phi) is 6.67. The number of alkyl halides is 2. The summed E-state index contributed by atoms with van der Waals surface area (Å²) in [6.45, 7) is 1.24. The monoisotopic (exact) mass is 406 g/mol. The van der Waals surface area contributed by atoms with Crippen LogP contribution in [-0.4, -0.2) is 16.2 Å². The van der Waals surface area contributed by atoms with Crippen molar-refractivity contribution in [3.05, 3.63) is 71.3 Å². The van der Waals surface area contributed by atoms with Crippen molar-refractivity contribution in [2.45, 2.75) is 44.2 Å². The van der Waals surface area contributed by atoms with E-state index in [0.29, 0.717) is 10.7 Å². The van der Waals surface area contributed by atoms with Crippen LogP contribution in [0.3, 0.4) is 0 Å². The Morgan fingerprint density at radius 2 is 1.79 bits per heavy atom. The summed E-state index contributed by atoms with van der Waals surface area (Å²) in [5.74, 6) is -0.262. The highest BCUT2D eigenvalue weighted by molar-refractivity contribution is 7.98. The molecule has 0 amide bonds. The zero-order valence-electron chi connectivity index (χ0n) is 15.7. The predicted molar refractivity (Wildman–Crippen MR) is 105 cm³/mol. The fourth-order valence-corrected chi connectivity index (χ4v) is 4.04. The number of para-hydroxylation sites is 1. The molecule has 28 heavy (non-hydrogen) atoms. The van der Waals surface area contributed by atoms with Crippen LogP contribution < -0.4 is 4.74 Å². The van der Waals surface area contributed by atoms with Crippen LogP contribution in [0.25, 0.3) is 5.69 Å². The summed E-state index contributed by atoms with van der Waals surface area (Å²) in [4.78, 5) is 4.41. The number of halogens is 3. The van der Waals surface area contributed by atoms with Gasteiger partial charge in [0.05, 0.1) is 5.69 Å². The molecule has 0 bridgehead atoms. The van der Waals surface area contributed by atoms with E-state index >= 15 is 0 Å². The van der Waals surface area contributed by atoms with Gasteiger partial charge < -0.3 is 4.74 Å². The molecular formula is C21H21F3N2OS. The maximum absolute atomic E-state index is 13.6. The molecule has 3 nitrogen and oxygen atoms in total. The van der Waals surface area contributed by atoms with Crippen LogP contribution >= 0.6 is 11.8 Å². The number of rotatable bonds is 8. The van der Waals surface area contributed by atoms with E-state index in [1.165, 1.54) is 35.0 Å². The van der Waals surface area contributed by atoms with E-state index in [1.807, 2.05) is 16.8 Å². The molecule has 1 heterocycles. The van der Waals surface area contributed by atoms with Gasteiger partial charge in [-0.15, -0.1) is 0 Å². The Bertz CT molecular complexity index is 921. The largest absolute Gasteiger partial charge is 0.435 e. The molecular weight excluding hydrogens is 385 g/mol. The Hall–Kier alpha value is -2.41. The molecule has 0 N–H and O–H groups in total. The lowest BCUT2D eigenvalue weighted by molar-refractivity contribution is -0.0503. The van der Waals surface area contributed by atoms with Gasteiger partial charge in [0, 0.05) is 23.7 Å². The van der Waals surface area contributed by atoms with Gasteiger partial charge in [-0.25, -0.2) is 9.37 Å². The highest BCUT2D eigenvalue weighted by atomic mass is 32.2. The minimum atomic E-state index is -2.96. The van der Waals surface area contributed by atoms with Gasteiger partial charge in [-0.2, -0.15) is 8.78 Å². The summed E-state index contributed by atoms with van der Waals surface area (Å²) >= 11 is 1.35. The number of thioether (sulfide) groups is 1. The lowest BCUT2D eigenvalue weighted by Crippen LogP contribution is -2.06. The molecule has 2 aromatic carbocycles. The second-order valence-corrected chi connectivity index (χ2v) is 7.07. The van der Waals surface area contributed by atoms with Crippen molar-refractivity contribution < 1.29 is 17.9 Å². The van der Waals surface area contributed by atoms with Gasteiger partial charge in [-0.05, 0) is 42.2 Å². The van der Waals surface area contributed by atoms with Gasteiger partial charge in [0.1, 0.15) is 11.6 Å². The van der Waals surface area contributed by atoms with Crippen LogP contribution in [0.1, 0.15) is 30.5 Å². The molecule has 0 unspecified atom stereocenters. The van der Waals surface area contributed by atoms with Crippen LogP contribution in [0.15, 0.2) is 53.9 Å². The third-order valence-corrected chi connectivity index (χ3v) is 5.42. The summed E-state index contributed by atoms with van der Waals surface area (Å²) in [5, 5.41) is 0.711. The topological polar surface area (TPSA) is 27.1 Å². The molecule has 0 saturated carbocycles. The Morgan fingerprint density at radius 1 is 1.07 bits per heavy atom. The van der Waals surface area contributed by atoms with E-state index in [9.17, 15) is 13.2 Å². The average molecular weight is 406 g/mol. The summed E-state index contributed by atoms with van der Waals surface area (Å²) in [7, 11) is 0. The highest BCUT2D eigenvalue weighted by Crippen LogP contribution is 2.32. The smallest absolute Gasteiger partial charge is 0.387 e. The van der Waals surface area contributed by atoms with Crippen LogP contribution in [0.5, 0.6) is 5.75 Å². The summed E-state index contributed by atoms with van der Waals surface area (Å²) in [6, 6.07) is 9.78. The van der Waals surface area contributed by atoms with Crippen molar-refractivity contribution in [2.75, 3.05) is 0 Å². The Morgan fingerprint density at radius 3 is 2.43 bits per heavy atom. The normalized spacial score (nSPS) is 11.2.